The summed E-state index contributed by atoms with van der Waals surface area (Å²) in [4.78, 5) is 15.8. The predicted molar refractivity (Wildman–Crippen MR) is 73.7 cm³/mol. The first-order valence-corrected chi connectivity index (χ1v) is 6.18. The van der Waals surface area contributed by atoms with Crippen molar-refractivity contribution in [3.63, 3.8) is 0 Å². The molecule has 2 aromatic rings. The fraction of sp³-hybridized carbons (Fsp3) is 0.357. The van der Waals surface area contributed by atoms with Gasteiger partial charge in [0, 0.05) is 11.1 Å². The summed E-state index contributed by atoms with van der Waals surface area (Å²) >= 11 is 0. The van der Waals surface area contributed by atoms with Crippen molar-refractivity contribution >= 4 is 11.6 Å². The Labute approximate surface area is 112 Å². The SMILES string of the molecule is CC(C)(C)C(=O)Nc1cccc(Cn2cncn2)c1. The van der Waals surface area contributed by atoms with E-state index in [1.165, 1.54) is 6.33 Å². The third-order valence-electron chi connectivity index (χ3n) is 2.68. The normalized spacial score (nSPS) is 11.3. The molecule has 0 aliphatic heterocycles. The van der Waals surface area contributed by atoms with E-state index in [2.05, 4.69) is 15.4 Å². The van der Waals surface area contributed by atoms with Crippen LogP contribution in [0.3, 0.4) is 0 Å². The zero-order valence-electron chi connectivity index (χ0n) is 11.4. The highest BCUT2D eigenvalue weighted by atomic mass is 16.2. The van der Waals surface area contributed by atoms with E-state index in [0.29, 0.717) is 6.54 Å². The van der Waals surface area contributed by atoms with Crippen LogP contribution < -0.4 is 5.32 Å². The highest BCUT2D eigenvalue weighted by molar-refractivity contribution is 5.94. The Morgan fingerprint density at radius 2 is 2.16 bits per heavy atom. The van der Waals surface area contributed by atoms with Crippen molar-refractivity contribution < 1.29 is 4.79 Å². The molecule has 5 heteroatoms. The fourth-order valence-electron chi connectivity index (χ4n) is 1.57. The first-order valence-electron chi connectivity index (χ1n) is 6.18. The van der Waals surface area contributed by atoms with Crippen LogP contribution in [0.1, 0.15) is 26.3 Å². The van der Waals surface area contributed by atoms with E-state index in [9.17, 15) is 4.79 Å². The topological polar surface area (TPSA) is 59.8 Å². The third kappa shape index (κ3) is 3.64. The highest BCUT2D eigenvalue weighted by Gasteiger charge is 2.21. The molecule has 1 aromatic heterocycles. The summed E-state index contributed by atoms with van der Waals surface area (Å²) in [5.41, 5.74) is 1.47. The fourth-order valence-corrected chi connectivity index (χ4v) is 1.57. The molecule has 0 fully saturated rings. The van der Waals surface area contributed by atoms with Crippen LogP contribution in [0.25, 0.3) is 0 Å². The Morgan fingerprint density at radius 1 is 1.37 bits per heavy atom. The number of carbonyl (C=O) groups excluding carboxylic acids is 1. The second kappa shape index (κ2) is 5.22. The molecule has 19 heavy (non-hydrogen) atoms. The Balaban J connectivity index is 2.09. The molecule has 1 aromatic carbocycles. The molecule has 0 aliphatic rings. The van der Waals surface area contributed by atoms with Gasteiger partial charge in [0.1, 0.15) is 12.7 Å². The van der Waals surface area contributed by atoms with Crippen molar-refractivity contribution in [2.45, 2.75) is 27.3 Å². The lowest BCUT2D eigenvalue weighted by Crippen LogP contribution is -2.27. The molecule has 0 radical (unpaired) electrons. The minimum Gasteiger partial charge on any atom is -0.326 e. The summed E-state index contributed by atoms with van der Waals surface area (Å²) in [6.45, 7) is 6.31. The van der Waals surface area contributed by atoms with Crippen LogP contribution in [0.2, 0.25) is 0 Å². The number of aromatic nitrogens is 3. The lowest BCUT2D eigenvalue weighted by Gasteiger charge is -2.18. The van der Waals surface area contributed by atoms with Crippen molar-refractivity contribution in [1.29, 1.82) is 0 Å². The number of amides is 1. The van der Waals surface area contributed by atoms with Gasteiger partial charge in [-0.1, -0.05) is 32.9 Å². The molecule has 0 saturated heterocycles. The van der Waals surface area contributed by atoms with E-state index in [-0.39, 0.29) is 5.91 Å². The summed E-state index contributed by atoms with van der Waals surface area (Å²) in [7, 11) is 0. The standard InChI is InChI=1S/C14H18N4O/c1-14(2,3)13(19)17-12-6-4-5-11(7-12)8-18-10-15-9-16-18/h4-7,9-10H,8H2,1-3H3,(H,17,19). The highest BCUT2D eigenvalue weighted by Crippen LogP contribution is 2.18. The molecule has 1 heterocycles. The second-order valence-electron chi connectivity index (χ2n) is 5.50. The van der Waals surface area contributed by atoms with E-state index in [1.54, 1.807) is 11.0 Å². The maximum atomic E-state index is 11.9. The van der Waals surface area contributed by atoms with Gasteiger partial charge in [0.05, 0.1) is 6.54 Å². The minimum absolute atomic E-state index is 0.00501. The van der Waals surface area contributed by atoms with Gasteiger partial charge in [0.15, 0.2) is 0 Å². The van der Waals surface area contributed by atoms with Gasteiger partial charge in [-0.3, -0.25) is 4.79 Å². The lowest BCUT2D eigenvalue weighted by atomic mass is 9.95. The molecule has 5 nitrogen and oxygen atoms in total. The second-order valence-corrected chi connectivity index (χ2v) is 5.50. The van der Waals surface area contributed by atoms with Gasteiger partial charge >= 0.3 is 0 Å². The van der Waals surface area contributed by atoms with E-state index in [4.69, 9.17) is 0 Å². The maximum absolute atomic E-state index is 11.9. The first-order chi connectivity index (χ1) is 8.95. The number of hydrogen-bond donors (Lipinski definition) is 1. The van der Waals surface area contributed by atoms with Gasteiger partial charge in [0.25, 0.3) is 0 Å². The Bertz CT molecular complexity index is 555. The Morgan fingerprint density at radius 3 is 2.79 bits per heavy atom. The molecule has 0 unspecified atom stereocenters. The molecule has 1 amide bonds. The maximum Gasteiger partial charge on any atom is 0.229 e. The molecule has 1 N–H and O–H groups in total. The van der Waals surface area contributed by atoms with E-state index < -0.39 is 5.41 Å². The number of benzene rings is 1. The van der Waals surface area contributed by atoms with E-state index in [0.717, 1.165) is 11.3 Å². The van der Waals surface area contributed by atoms with E-state index >= 15 is 0 Å². The quantitative estimate of drug-likeness (QED) is 0.919. The Hall–Kier alpha value is -2.17. The molecule has 100 valence electrons. The Kier molecular flexibility index (Phi) is 3.64. The zero-order valence-corrected chi connectivity index (χ0v) is 11.4. The van der Waals surface area contributed by atoms with Crippen molar-refractivity contribution in [3.8, 4) is 0 Å². The average Bonchev–Trinajstić information content (AvgIpc) is 2.81. The molecule has 0 atom stereocenters. The summed E-state index contributed by atoms with van der Waals surface area (Å²) in [6, 6.07) is 7.75. The molecule has 0 bridgehead atoms. The summed E-state index contributed by atoms with van der Waals surface area (Å²) in [5, 5.41) is 6.98. The van der Waals surface area contributed by atoms with Gasteiger partial charge in [-0.2, -0.15) is 5.10 Å². The van der Waals surface area contributed by atoms with Gasteiger partial charge < -0.3 is 5.32 Å². The number of hydrogen-bond acceptors (Lipinski definition) is 3. The molecule has 0 aliphatic carbocycles. The number of nitrogens with zero attached hydrogens (tertiary/aromatic N) is 3. The first kappa shape index (κ1) is 13.3. The number of carbonyl (C=O) groups is 1. The molecule has 0 saturated carbocycles. The number of nitrogens with one attached hydrogen (secondary N) is 1. The van der Waals surface area contributed by atoms with Crippen LogP contribution in [0.15, 0.2) is 36.9 Å². The summed E-state index contributed by atoms with van der Waals surface area (Å²) in [5.74, 6) is 0.00501. The summed E-state index contributed by atoms with van der Waals surface area (Å²) < 4.78 is 1.74. The molecular weight excluding hydrogens is 240 g/mol. The van der Waals surface area contributed by atoms with Crippen LogP contribution in [-0.4, -0.2) is 20.7 Å². The summed E-state index contributed by atoms with van der Waals surface area (Å²) in [6.07, 6.45) is 3.17. The number of rotatable bonds is 3. The predicted octanol–water partition coefficient (Wildman–Crippen LogP) is 2.31. The van der Waals surface area contributed by atoms with Crippen molar-refractivity contribution in [2.75, 3.05) is 5.32 Å². The zero-order chi connectivity index (χ0) is 13.9. The molecule has 2 rings (SSSR count). The number of anilines is 1. The van der Waals surface area contributed by atoms with Crippen molar-refractivity contribution in [2.24, 2.45) is 5.41 Å². The monoisotopic (exact) mass is 258 g/mol. The largest absolute Gasteiger partial charge is 0.326 e. The van der Waals surface area contributed by atoms with Crippen molar-refractivity contribution in [1.82, 2.24) is 14.8 Å². The van der Waals surface area contributed by atoms with Crippen LogP contribution >= 0.6 is 0 Å². The van der Waals surface area contributed by atoms with Crippen LogP contribution in [0.4, 0.5) is 5.69 Å². The lowest BCUT2D eigenvalue weighted by molar-refractivity contribution is -0.123. The van der Waals surface area contributed by atoms with Gasteiger partial charge in [-0.05, 0) is 17.7 Å². The molecular formula is C14H18N4O. The van der Waals surface area contributed by atoms with Crippen molar-refractivity contribution in [3.05, 3.63) is 42.5 Å². The van der Waals surface area contributed by atoms with Crippen LogP contribution in [-0.2, 0) is 11.3 Å². The van der Waals surface area contributed by atoms with Gasteiger partial charge in [-0.25, -0.2) is 9.67 Å². The van der Waals surface area contributed by atoms with Crippen LogP contribution in [0, 0.1) is 5.41 Å². The average molecular weight is 258 g/mol. The third-order valence-corrected chi connectivity index (χ3v) is 2.68. The molecule has 0 spiro atoms. The smallest absolute Gasteiger partial charge is 0.229 e. The van der Waals surface area contributed by atoms with Gasteiger partial charge in [0.2, 0.25) is 5.91 Å². The van der Waals surface area contributed by atoms with Gasteiger partial charge in [-0.15, -0.1) is 0 Å². The minimum atomic E-state index is -0.401. The van der Waals surface area contributed by atoms with Crippen LogP contribution in [0.5, 0.6) is 0 Å². The van der Waals surface area contributed by atoms with E-state index in [1.807, 2.05) is 45.0 Å².